The number of nitrogens with one attached hydrogen (secondary N) is 1. The third-order valence-electron chi connectivity index (χ3n) is 5.53. The monoisotopic (exact) mass is 409 g/mol. The van der Waals surface area contributed by atoms with Crippen LogP contribution < -0.4 is 5.32 Å². The van der Waals surface area contributed by atoms with Crippen LogP contribution in [-0.4, -0.2) is 47.1 Å². The van der Waals surface area contributed by atoms with Gasteiger partial charge in [-0.2, -0.15) is 0 Å². The van der Waals surface area contributed by atoms with E-state index in [1.165, 1.54) is 11.3 Å². The zero-order valence-corrected chi connectivity index (χ0v) is 16.9. The van der Waals surface area contributed by atoms with Crippen LogP contribution in [0.15, 0.2) is 22.1 Å². The number of morpholine rings is 1. The normalized spacial score (nSPS) is 26.4. The number of aryl methyl sites for hydroxylation is 1. The van der Waals surface area contributed by atoms with Crippen molar-refractivity contribution in [2.24, 2.45) is 0 Å². The molecular weight excluding hydrogens is 386 g/mol. The molecule has 2 aromatic heterocycles. The summed E-state index contributed by atoms with van der Waals surface area (Å²) in [6.07, 6.45) is 4.11. The maximum absolute atomic E-state index is 12.8. The van der Waals surface area contributed by atoms with Gasteiger partial charge in [-0.1, -0.05) is 12.8 Å². The molecule has 8 heteroatoms. The van der Waals surface area contributed by atoms with Crippen LogP contribution in [-0.2, 0) is 11.3 Å². The number of ether oxygens (including phenoxy) is 1. The minimum absolute atomic E-state index is 0.00300. The Hall–Kier alpha value is -1.41. The van der Waals surface area contributed by atoms with Gasteiger partial charge in [-0.15, -0.1) is 11.3 Å². The van der Waals surface area contributed by atoms with E-state index >= 15 is 0 Å². The molecule has 6 nitrogen and oxygen atoms in total. The van der Waals surface area contributed by atoms with E-state index in [0.717, 1.165) is 50.2 Å². The molecule has 0 radical (unpaired) electrons. The van der Waals surface area contributed by atoms with Gasteiger partial charge in [-0.3, -0.25) is 9.69 Å². The lowest BCUT2D eigenvalue weighted by atomic mass is 9.78. The van der Waals surface area contributed by atoms with Crippen molar-refractivity contribution < 1.29 is 13.9 Å². The standard InChI is InChI=1S/C19H24ClN3O3S/c1-13-17(27-12-21-13)18(24)22-15-4-2-3-7-19(15)11-23(8-9-25-19)10-14-5-6-16(20)26-14/h5-6,12,15H,2-4,7-11H2,1H3,(H,22,24)/t15-,19+/m1/s1. The topological polar surface area (TPSA) is 67.6 Å². The highest BCUT2D eigenvalue weighted by atomic mass is 35.5. The number of rotatable bonds is 4. The molecule has 1 saturated heterocycles. The second kappa shape index (κ2) is 7.91. The zero-order chi connectivity index (χ0) is 18.9. The van der Waals surface area contributed by atoms with E-state index in [-0.39, 0.29) is 17.6 Å². The number of furan rings is 1. The van der Waals surface area contributed by atoms with Gasteiger partial charge < -0.3 is 14.5 Å². The fourth-order valence-corrected chi connectivity index (χ4v) is 5.06. The predicted octanol–water partition coefficient (Wildman–Crippen LogP) is 3.64. The first-order valence-corrected chi connectivity index (χ1v) is 10.6. The molecule has 146 valence electrons. The first-order chi connectivity index (χ1) is 13.1. The lowest BCUT2D eigenvalue weighted by molar-refractivity contribution is -0.143. The number of thiazole rings is 1. The Balaban J connectivity index is 1.48. The van der Waals surface area contributed by atoms with Gasteiger partial charge in [-0.25, -0.2) is 4.98 Å². The molecule has 1 aliphatic heterocycles. The maximum atomic E-state index is 12.8. The Bertz CT molecular complexity index is 804. The summed E-state index contributed by atoms with van der Waals surface area (Å²) in [6.45, 7) is 4.84. The summed E-state index contributed by atoms with van der Waals surface area (Å²) in [5.41, 5.74) is 2.15. The molecule has 3 heterocycles. The Morgan fingerprint density at radius 2 is 2.37 bits per heavy atom. The number of carbonyl (C=O) groups excluding carboxylic acids is 1. The van der Waals surface area contributed by atoms with Crippen LogP contribution in [0.5, 0.6) is 0 Å². The van der Waals surface area contributed by atoms with Gasteiger partial charge in [0.15, 0.2) is 5.22 Å². The van der Waals surface area contributed by atoms with Crippen molar-refractivity contribution in [3.05, 3.63) is 39.2 Å². The minimum Gasteiger partial charge on any atom is -0.448 e. The number of amides is 1. The van der Waals surface area contributed by atoms with E-state index < -0.39 is 0 Å². The predicted molar refractivity (Wildman–Crippen MR) is 104 cm³/mol. The number of aromatic nitrogens is 1. The Labute approximate surface area is 167 Å². The molecule has 1 aliphatic carbocycles. The molecule has 27 heavy (non-hydrogen) atoms. The Morgan fingerprint density at radius 3 is 3.11 bits per heavy atom. The molecule has 2 aromatic rings. The van der Waals surface area contributed by atoms with E-state index in [1.807, 2.05) is 13.0 Å². The maximum Gasteiger partial charge on any atom is 0.263 e. The van der Waals surface area contributed by atoms with Gasteiger partial charge in [-0.05, 0) is 43.5 Å². The molecule has 1 N–H and O–H groups in total. The highest BCUT2D eigenvalue weighted by Gasteiger charge is 2.46. The fraction of sp³-hybridized carbons (Fsp3) is 0.579. The molecule has 4 rings (SSSR count). The third kappa shape index (κ3) is 4.06. The second-order valence-corrected chi connectivity index (χ2v) is 8.60. The van der Waals surface area contributed by atoms with Crippen LogP contribution >= 0.6 is 22.9 Å². The van der Waals surface area contributed by atoms with Crippen molar-refractivity contribution in [1.29, 1.82) is 0 Å². The van der Waals surface area contributed by atoms with Crippen molar-refractivity contribution in [3.63, 3.8) is 0 Å². The number of carbonyl (C=O) groups is 1. The summed E-state index contributed by atoms with van der Waals surface area (Å²) in [5, 5.41) is 3.66. The van der Waals surface area contributed by atoms with Gasteiger partial charge in [0, 0.05) is 13.1 Å². The highest BCUT2D eigenvalue weighted by Crippen LogP contribution is 2.36. The van der Waals surface area contributed by atoms with Crippen molar-refractivity contribution >= 4 is 28.8 Å². The summed E-state index contributed by atoms with van der Waals surface area (Å²) < 4.78 is 11.8. The average Bonchev–Trinajstić information content (AvgIpc) is 3.25. The zero-order valence-electron chi connectivity index (χ0n) is 15.4. The Morgan fingerprint density at radius 1 is 1.48 bits per heavy atom. The molecule has 2 aliphatic rings. The van der Waals surface area contributed by atoms with Crippen molar-refractivity contribution in [2.75, 3.05) is 19.7 Å². The van der Waals surface area contributed by atoms with E-state index in [9.17, 15) is 4.79 Å². The lowest BCUT2D eigenvalue weighted by Crippen LogP contribution is -2.63. The molecule has 0 bridgehead atoms. The van der Waals surface area contributed by atoms with Gasteiger partial charge >= 0.3 is 0 Å². The van der Waals surface area contributed by atoms with Gasteiger partial charge in [0.05, 0.1) is 30.4 Å². The Kier molecular flexibility index (Phi) is 5.55. The summed E-state index contributed by atoms with van der Waals surface area (Å²) >= 11 is 7.29. The summed E-state index contributed by atoms with van der Waals surface area (Å²) in [4.78, 5) is 20.0. The average molecular weight is 410 g/mol. The largest absolute Gasteiger partial charge is 0.448 e. The molecule has 1 amide bonds. The van der Waals surface area contributed by atoms with Crippen LogP contribution in [0.4, 0.5) is 0 Å². The summed E-state index contributed by atoms with van der Waals surface area (Å²) in [7, 11) is 0. The molecule has 2 fully saturated rings. The minimum atomic E-state index is -0.346. The molecular formula is C19H24ClN3O3S. The van der Waals surface area contributed by atoms with Crippen molar-refractivity contribution in [1.82, 2.24) is 15.2 Å². The van der Waals surface area contributed by atoms with Gasteiger partial charge in [0.25, 0.3) is 5.91 Å². The van der Waals surface area contributed by atoms with E-state index in [2.05, 4.69) is 15.2 Å². The smallest absolute Gasteiger partial charge is 0.263 e. The molecule has 2 atom stereocenters. The van der Waals surface area contributed by atoms with E-state index in [1.54, 1.807) is 11.6 Å². The van der Waals surface area contributed by atoms with Crippen molar-refractivity contribution in [3.8, 4) is 0 Å². The SMILES string of the molecule is Cc1ncsc1C(=O)N[C@@H]1CCCC[C@]12CN(Cc1ccc(Cl)o1)CCO2. The van der Waals surface area contributed by atoms with Crippen molar-refractivity contribution in [2.45, 2.75) is 50.8 Å². The summed E-state index contributed by atoms with van der Waals surface area (Å²) in [6, 6.07) is 3.69. The molecule has 0 aromatic carbocycles. The van der Waals surface area contributed by atoms with Crippen LogP contribution in [0.2, 0.25) is 5.22 Å². The van der Waals surface area contributed by atoms with Crippen LogP contribution in [0, 0.1) is 6.92 Å². The van der Waals surface area contributed by atoms with Gasteiger partial charge in [0.1, 0.15) is 16.2 Å². The van der Waals surface area contributed by atoms with Crippen LogP contribution in [0.25, 0.3) is 0 Å². The van der Waals surface area contributed by atoms with Gasteiger partial charge in [0.2, 0.25) is 0 Å². The third-order valence-corrected chi connectivity index (χ3v) is 6.66. The molecule has 1 spiro atoms. The summed E-state index contributed by atoms with van der Waals surface area (Å²) in [5.74, 6) is 0.813. The quantitative estimate of drug-likeness (QED) is 0.834. The van der Waals surface area contributed by atoms with Crippen LogP contribution in [0.3, 0.4) is 0 Å². The molecule has 0 unspecified atom stereocenters. The fourth-order valence-electron chi connectivity index (χ4n) is 4.19. The lowest BCUT2D eigenvalue weighted by Gasteiger charge is -2.49. The van der Waals surface area contributed by atoms with Crippen LogP contribution in [0.1, 0.15) is 46.8 Å². The number of hydrogen-bond donors (Lipinski definition) is 1. The number of hydrogen-bond acceptors (Lipinski definition) is 6. The van der Waals surface area contributed by atoms with E-state index in [0.29, 0.717) is 23.2 Å². The number of nitrogens with zero attached hydrogens (tertiary/aromatic N) is 2. The second-order valence-electron chi connectivity index (χ2n) is 7.37. The van der Waals surface area contributed by atoms with E-state index in [4.69, 9.17) is 20.8 Å². The number of halogens is 1. The molecule has 1 saturated carbocycles. The highest BCUT2D eigenvalue weighted by molar-refractivity contribution is 7.11. The first-order valence-electron chi connectivity index (χ1n) is 9.37. The first kappa shape index (κ1) is 18.9.